The van der Waals surface area contributed by atoms with Gasteiger partial charge in [0.15, 0.2) is 0 Å². The molecule has 0 amide bonds. The third kappa shape index (κ3) is 4.09. The van der Waals surface area contributed by atoms with Gasteiger partial charge in [0.2, 0.25) is 0 Å². The summed E-state index contributed by atoms with van der Waals surface area (Å²) in [5, 5.41) is 3.62. The largest absolute Gasteiger partial charge is 0.314 e. The van der Waals surface area contributed by atoms with Crippen LogP contribution in [0.2, 0.25) is 0 Å². The molecular formula is C16H24FN. The highest BCUT2D eigenvalue weighted by Gasteiger charge is 2.19. The number of nitrogens with one attached hydrogen (secondary N) is 1. The van der Waals surface area contributed by atoms with Crippen LogP contribution >= 0.6 is 0 Å². The molecule has 1 saturated carbocycles. The van der Waals surface area contributed by atoms with E-state index in [-0.39, 0.29) is 5.82 Å². The molecule has 0 spiro atoms. The summed E-state index contributed by atoms with van der Waals surface area (Å²) in [5.74, 6) is 0.703. The predicted octanol–water partition coefficient (Wildman–Crippen LogP) is 3.93. The quantitative estimate of drug-likeness (QED) is 0.834. The summed E-state index contributed by atoms with van der Waals surface area (Å²) in [6, 6.07) is 7.45. The monoisotopic (exact) mass is 249 g/mol. The van der Waals surface area contributed by atoms with Crippen molar-refractivity contribution in [1.82, 2.24) is 5.32 Å². The van der Waals surface area contributed by atoms with Gasteiger partial charge in [-0.05, 0) is 56.3 Å². The Bertz CT molecular complexity index is 341. The zero-order valence-electron chi connectivity index (χ0n) is 11.3. The molecule has 0 radical (unpaired) electrons. The van der Waals surface area contributed by atoms with E-state index in [0.717, 1.165) is 18.9 Å². The Labute approximate surface area is 110 Å². The average Bonchev–Trinajstić information content (AvgIpc) is 2.42. The molecule has 1 atom stereocenters. The zero-order chi connectivity index (χ0) is 12.8. The average molecular weight is 249 g/mol. The van der Waals surface area contributed by atoms with E-state index in [9.17, 15) is 4.39 Å². The van der Waals surface area contributed by atoms with Crippen LogP contribution in [0.15, 0.2) is 24.3 Å². The molecule has 1 N–H and O–H groups in total. The smallest absolute Gasteiger partial charge is 0.123 e. The lowest BCUT2D eigenvalue weighted by molar-refractivity contribution is 0.283. The van der Waals surface area contributed by atoms with Gasteiger partial charge >= 0.3 is 0 Å². The highest BCUT2D eigenvalue weighted by molar-refractivity contribution is 5.16. The molecule has 1 aliphatic rings. The van der Waals surface area contributed by atoms with Crippen LogP contribution in [-0.2, 0) is 6.42 Å². The van der Waals surface area contributed by atoms with Crippen LogP contribution in [0.5, 0.6) is 0 Å². The van der Waals surface area contributed by atoms with Crippen molar-refractivity contribution in [3.05, 3.63) is 35.6 Å². The second-order valence-corrected chi connectivity index (χ2v) is 5.52. The minimum atomic E-state index is -0.151. The molecule has 1 aromatic carbocycles. The van der Waals surface area contributed by atoms with Crippen molar-refractivity contribution >= 4 is 0 Å². The Morgan fingerprint density at radius 2 is 1.83 bits per heavy atom. The third-order valence-electron chi connectivity index (χ3n) is 4.15. The molecule has 0 saturated heterocycles. The van der Waals surface area contributed by atoms with E-state index in [1.807, 2.05) is 12.1 Å². The molecule has 1 nitrogen and oxygen atoms in total. The van der Waals surface area contributed by atoms with E-state index >= 15 is 0 Å². The minimum absolute atomic E-state index is 0.151. The van der Waals surface area contributed by atoms with Crippen LogP contribution in [0, 0.1) is 11.7 Å². The fraction of sp³-hybridized carbons (Fsp3) is 0.625. The van der Waals surface area contributed by atoms with E-state index in [0.29, 0.717) is 6.04 Å². The molecular weight excluding hydrogens is 225 g/mol. The number of hydrogen-bond acceptors (Lipinski definition) is 1. The maximum atomic E-state index is 12.8. The Balaban J connectivity index is 1.69. The van der Waals surface area contributed by atoms with Crippen LogP contribution in [-0.4, -0.2) is 12.6 Å². The zero-order valence-corrected chi connectivity index (χ0v) is 11.3. The van der Waals surface area contributed by atoms with Crippen molar-refractivity contribution in [2.75, 3.05) is 6.54 Å². The van der Waals surface area contributed by atoms with E-state index in [4.69, 9.17) is 0 Å². The van der Waals surface area contributed by atoms with Crippen molar-refractivity contribution in [2.45, 2.75) is 51.5 Å². The summed E-state index contributed by atoms with van der Waals surface area (Å²) in [6.45, 7) is 3.30. The molecule has 0 aromatic heterocycles. The fourth-order valence-electron chi connectivity index (χ4n) is 2.90. The molecule has 0 aliphatic heterocycles. The van der Waals surface area contributed by atoms with Crippen LogP contribution in [0.4, 0.5) is 4.39 Å². The van der Waals surface area contributed by atoms with E-state index < -0.39 is 0 Å². The highest BCUT2D eigenvalue weighted by atomic mass is 19.1. The van der Waals surface area contributed by atoms with Crippen LogP contribution in [0.25, 0.3) is 0 Å². The third-order valence-corrected chi connectivity index (χ3v) is 4.15. The lowest BCUT2D eigenvalue weighted by atomic mass is 9.84. The van der Waals surface area contributed by atoms with E-state index in [1.54, 1.807) is 12.1 Å². The predicted molar refractivity (Wildman–Crippen MR) is 74.1 cm³/mol. The Hall–Kier alpha value is -0.890. The summed E-state index contributed by atoms with van der Waals surface area (Å²) < 4.78 is 12.8. The summed E-state index contributed by atoms with van der Waals surface area (Å²) in [4.78, 5) is 0. The van der Waals surface area contributed by atoms with Gasteiger partial charge in [-0.2, -0.15) is 0 Å². The van der Waals surface area contributed by atoms with Gasteiger partial charge in [0.1, 0.15) is 5.82 Å². The Kier molecular flexibility index (Phi) is 5.18. The number of rotatable bonds is 5. The Morgan fingerprint density at radius 3 is 2.50 bits per heavy atom. The number of halogens is 1. The fourth-order valence-corrected chi connectivity index (χ4v) is 2.90. The van der Waals surface area contributed by atoms with Gasteiger partial charge in [-0.3, -0.25) is 0 Å². The van der Waals surface area contributed by atoms with Crippen molar-refractivity contribution in [3.63, 3.8) is 0 Å². The summed E-state index contributed by atoms with van der Waals surface area (Å²) >= 11 is 0. The molecule has 2 rings (SSSR count). The normalized spacial score (nSPS) is 18.8. The molecule has 1 fully saturated rings. The second-order valence-electron chi connectivity index (χ2n) is 5.52. The first kappa shape index (κ1) is 13.5. The van der Waals surface area contributed by atoms with Crippen LogP contribution < -0.4 is 5.32 Å². The molecule has 1 aliphatic carbocycles. The second kappa shape index (κ2) is 6.89. The standard InChI is InChI=1S/C16H24FN/c1-13(15-5-3-2-4-6-15)18-12-11-14-7-9-16(17)10-8-14/h7-10,13,15,18H,2-6,11-12H2,1H3. The van der Waals surface area contributed by atoms with Crippen LogP contribution in [0.3, 0.4) is 0 Å². The first-order chi connectivity index (χ1) is 8.75. The van der Waals surface area contributed by atoms with E-state index in [1.165, 1.54) is 37.7 Å². The maximum absolute atomic E-state index is 12.8. The van der Waals surface area contributed by atoms with Crippen molar-refractivity contribution in [2.24, 2.45) is 5.92 Å². The molecule has 18 heavy (non-hydrogen) atoms. The van der Waals surface area contributed by atoms with Gasteiger partial charge in [0, 0.05) is 6.04 Å². The molecule has 0 bridgehead atoms. The minimum Gasteiger partial charge on any atom is -0.314 e. The Morgan fingerprint density at radius 1 is 1.17 bits per heavy atom. The number of benzene rings is 1. The summed E-state index contributed by atoms with van der Waals surface area (Å²) in [6.07, 6.45) is 7.95. The van der Waals surface area contributed by atoms with Gasteiger partial charge in [0.05, 0.1) is 0 Å². The number of hydrogen-bond donors (Lipinski definition) is 1. The van der Waals surface area contributed by atoms with Crippen molar-refractivity contribution in [1.29, 1.82) is 0 Å². The lowest BCUT2D eigenvalue weighted by Gasteiger charge is -2.28. The molecule has 2 heteroatoms. The summed E-state index contributed by atoms with van der Waals surface area (Å²) in [5.41, 5.74) is 1.21. The SMILES string of the molecule is CC(NCCc1ccc(F)cc1)C1CCCCC1. The van der Waals surface area contributed by atoms with Crippen molar-refractivity contribution in [3.8, 4) is 0 Å². The first-order valence-corrected chi connectivity index (χ1v) is 7.23. The van der Waals surface area contributed by atoms with Gasteiger partial charge in [-0.25, -0.2) is 4.39 Å². The topological polar surface area (TPSA) is 12.0 Å². The molecule has 1 aromatic rings. The van der Waals surface area contributed by atoms with Crippen molar-refractivity contribution < 1.29 is 4.39 Å². The summed E-state index contributed by atoms with van der Waals surface area (Å²) in [7, 11) is 0. The van der Waals surface area contributed by atoms with Gasteiger partial charge < -0.3 is 5.32 Å². The molecule has 100 valence electrons. The van der Waals surface area contributed by atoms with Gasteiger partial charge in [0.25, 0.3) is 0 Å². The lowest BCUT2D eigenvalue weighted by Crippen LogP contribution is -2.35. The molecule has 1 unspecified atom stereocenters. The van der Waals surface area contributed by atoms with Gasteiger partial charge in [-0.1, -0.05) is 31.4 Å². The highest BCUT2D eigenvalue weighted by Crippen LogP contribution is 2.26. The van der Waals surface area contributed by atoms with Crippen LogP contribution in [0.1, 0.15) is 44.6 Å². The first-order valence-electron chi connectivity index (χ1n) is 7.23. The van der Waals surface area contributed by atoms with E-state index in [2.05, 4.69) is 12.2 Å². The maximum Gasteiger partial charge on any atom is 0.123 e. The molecule has 0 heterocycles. The van der Waals surface area contributed by atoms with Gasteiger partial charge in [-0.15, -0.1) is 0 Å².